The van der Waals surface area contributed by atoms with Gasteiger partial charge in [0.15, 0.2) is 4.96 Å². The predicted molar refractivity (Wildman–Crippen MR) is 132 cm³/mol. The van der Waals surface area contributed by atoms with Gasteiger partial charge in [0.2, 0.25) is 0 Å². The maximum Gasteiger partial charge on any atom is 0.318 e. The average Bonchev–Trinajstić information content (AvgIpc) is 3.32. The van der Waals surface area contributed by atoms with Crippen molar-refractivity contribution in [3.05, 3.63) is 82.5 Å². The van der Waals surface area contributed by atoms with E-state index in [1.807, 2.05) is 68.1 Å². The van der Waals surface area contributed by atoms with Gasteiger partial charge in [0.05, 0.1) is 5.69 Å². The molecule has 0 saturated carbocycles. The maximum absolute atomic E-state index is 13.0. The van der Waals surface area contributed by atoms with Gasteiger partial charge in [-0.3, -0.25) is 4.40 Å². The lowest BCUT2D eigenvalue weighted by molar-refractivity contribution is 0.186. The van der Waals surface area contributed by atoms with Crippen LogP contribution in [0.25, 0.3) is 16.2 Å². The van der Waals surface area contributed by atoms with Crippen molar-refractivity contribution in [1.82, 2.24) is 19.6 Å². The highest BCUT2D eigenvalue weighted by molar-refractivity contribution is 7.15. The van der Waals surface area contributed by atoms with Crippen molar-refractivity contribution in [2.75, 3.05) is 6.54 Å². The van der Waals surface area contributed by atoms with Crippen molar-refractivity contribution < 1.29 is 4.79 Å². The molecule has 4 aromatic rings. The number of carbonyl (C=O) groups excluding carboxylic acids is 1. The molecule has 2 aromatic heterocycles. The Bertz CT molecular complexity index is 1190. The third-order valence-corrected chi connectivity index (χ3v) is 6.19. The first kappa shape index (κ1) is 22.4. The number of rotatable bonds is 6. The molecule has 0 aliphatic heterocycles. The summed E-state index contributed by atoms with van der Waals surface area (Å²) in [6.07, 6.45) is 2.79. The van der Waals surface area contributed by atoms with Gasteiger partial charge in [-0.2, -0.15) is 0 Å². The summed E-state index contributed by atoms with van der Waals surface area (Å²) >= 11 is 7.63. The van der Waals surface area contributed by atoms with Gasteiger partial charge in [-0.05, 0) is 38.5 Å². The van der Waals surface area contributed by atoms with Crippen LogP contribution in [0.3, 0.4) is 0 Å². The predicted octanol–water partition coefficient (Wildman–Crippen LogP) is 6.27. The number of thiazole rings is 1. The van der Waals surface area contributed by atoms with Crippen LogP contribution in [0, 0.1) is 0 Å². The molecule has 166 valence electrons. The number of imidazole rings is 1. The number of fused-ring (bicyclic) bond motifs is 1. The Morgan fingerprint density at radius 1 is 1.12 bits per heavy atom. The minimum Gasteiger partial charge on any atom is -0.333 e. The lowest BCUT2D eigenvalue weighted by atomic mass is 10.1. The van der Waals surface area contributed by atoms with Gasteiger partial charge < -0.3 is 10.2 Å². The minimum atomic E-state index is -0.292. The van der Waals surface area contributed by atoms with Crippen LogP contribution >= 0.6 is 22.9 Å². The van der Waals surface area contributed by atoms with Gasteiger partial charge in [0.25, 0.3) is 0 Å². The molecule has 0 saturated heterocycles. The summed E-state index contributed by atoms with van der Waals surface area (Å²) < 4.78 is 2.12. The molecule has 0 fully saturated rings. The van der Waals surface area contributed by atoms with Crippen molar-refractivity contribution in [1.29, 1.82) is 0 Å². The van der Waals surface area contributed by atoms with E-state index in [1.54, 1.807) is 11.3 Å². The van der Waals surface area contributed by atoms with Crippen molar-refractivity contribution >= 4 is 33.9 Å². The summed E-state index contributed by atoms with van der Waals surface area (Å²) in [6, 6.07) is 17.7. The molecule has 4 rings (SSSR count). The fourth-order valence-corrected chi connectivity index (χ4v) is 4.51. The van der Waals surface area contributed by atoms with Gasteiger partial charge in [-0.25, -0.2) is 9.78 Å². The Labute approximate surface area is 197 Å². The first-order valence-electron chi connectivity index (χ1n) is 10.6. The molecule has 0 unspecified atom stereocenters. The van der Waals surface area contributed by atoms with E-state index < -0.39 is 0 Å². The molecule has 5 nitrogen and oxygen atoms in total. The zero-order valence-electron chi connectivity index (χ0n) is 18.5. The highest BCUT2D eigenvalue weighted by Gasteiger charge is 2.20. The Morgan fingerprint density at radius 2 is 1.84 bits per heavy atom. The second-order valence-electron chi connectivity index (χ2n) is 8.85. The molecular weight excluding hydrogens is 440 g/mol. The number of hydrogen-bond acceptors (Lipinski definition) is 3. The van der Waals surface area contributed by atoms with Gasteiger partial charge in [0, 0.05) is 52.9 Å². The van der Waals surface area contributed by atoms with Gasteiger partial charge in [-0.15, -0.1) is 11.3 Å². The second-order valence-corrected chi connectivity index (χ2v) is 10.1. The number of nitrogens with zero attached hydrogens (tertiary/aromatic N) is 3. The smallest absolute Gasteiger partial charge is 0.318 e. The molecule has 1 N–H and O–H groups in total. The van der Waals surface area contributed by atoms with Crippen LogP contribution in [0.1, 0.15) is 32.0 Å². The number of amides is 2. The average molecular weight is 467 g/mol. The number of carbonyl (C=O) groups is 1. The summed E-state index contributed by atoms with van der Waals surface area (Å²) in [6.45, 7) is 7.17. The molecular formula is C25H27ClN4OS. The number of benzene rings is 2. The molecule has 2 heterocycles. The summed E-state index contributed by atoms with van der Waals surface area (Å²) in [7, 11) is 0. The molecule has 0 aliphatic carbocycles. The summed E-state index contributed by atoms with van der Waals surface area (Å²) in [5.41, 5.74) is 3.91. The van der Waals surface area contributed by atoms with Crippen molar-refractivity contribution in [3.8, 4) is 11.3 Å². The van der Waals surface area contributed by atoms with Crippen molar-refractivity contribution in [2.45, 2.75) is 39.3 Å². The lowest BCUT2D eigenvalue weighted by Crippen LogP contribution is -2.48. The lowest BCUT2D eigenvalue weighted by Gasteiger charge is -2.28. The number of nitrogens with one attached hydrogen (secondary N) is 1. The first-order chi connectivity index (χ1) is 15.3. The number of halogens is 1. The standard InChI is InChI=1S/C25H27ClN4OS/c1-25(2,3)28-23(31)29(15-18-7-5-4-6-8-18)14-13-21-17-32-24-27-22(16-30(21)24)19-9-11-20(26)12-10-19/h4-12,16-17H,13-15H2,1-3H3,(H,28,31). The van der Waals surface area contributed by atoms with Crippen LogP contribution in [0.2, 0.25) is 5.02 Å². The van der Waals surface area contributed by atoms with Gasteiger partial charge in [0.1, 0.15) is 0 Å². The van der Waals surface area contributed by atoms with Gasteiger partial charge >= 0.3 is 6.03 Å². The van der Waals surface area contributed by atoms with E-state index in [0.717, 1.165) is 33.9 Å². The van der Waals surface area contributed by atoms with Crippen LogP contribution in [0.15, 0.2) is 66.2 Å². The largest absolute Gasteiger partial charge is 0.333 e. The van der Waals surface area contributed by atoms with Crippen LogP contribution in [-0.2, 0) is 13.0 Å². The summed E-state index contributed by atoms with van der Waals surface area (Å²) in [4.78, 5) is 20.6. The zero-order chi connectivity index (χ0) is 22.7. The number of hydrogen-bond donors (Lipinski definition) is 1. The van der Waals surface area contributed by atoms with Gasteiger partial charge in [-0.1, -0.05) is 54.1 Å². The highest BCUT2D eigenvalue weighted by Crippen LogP contribution is 2.25. The van der Waals surface area contributed by atoms with Crippen LogP contribution in [0.5, 0.6) is 0 Å². The van der Waals surface area contributed by atoms with E-state index in [0.29, 0.717) is 18.1 Å². The Morgan fingerprint density at radius 3 is 2.53 bits per heavy atom. The number of aromatic nitrogens is 2. The molecule has 2 aromatic carbocycles. The van der Waals surface area contributed by atoms with E-state index in [1.165, 1.54) is 0 Å². The molecule has 2 amide bonds. The number of urea groups is 1. The normalized spacial score (nSPS) is 11.6. The monoisotopic (exact) mass is 466 g/mol. The van der Waals surface area contributed by atoms with E-state index >= 15 is 0 Å². The Kier molecular flexibility index (Phi) is 6.53. The fourth-order valence-electron chi connectivity index (χ4n) is 3.47. The first-order valence-corrected chi connectivity index (χ1v) is 11.9. The molecule has 0 atom stereocenters. The van der Waals surface area contributed by atoms with Crippen LogP contribution < -0.4 is 5.32 Å². The molecule has 0 spiro atoms. The highest BCUT2D eigenvalue weighted by atomic mass is 35.5. The molecule has 7 heteroatoms. The Hall–Kier alpha value is -2.83. The fraction of sp³-hybridized carbons (Fsp3) is 0.280. The maximum atomic E-state index is 13.0. The van der Waals surface area contributed by atoms with Crippen LogP contribution in [0.4, 0.5) is 4.79 Å². The molecule has 0 radical (unpaired) electrons. The Balaban J connectivity index is 1.52. The zero-order valence-corrected chi connectivity index (χ0v) is 20.1. The molecule has 0 aliphatic rings. The van der Waals surface area contributed by atoms with Crippen LogP contribution in [-0.4, -0.2) is 32.4 Å². The third-order valence-electron chi connectivity index (χ3n) is 5.05. The molecule has 32 heavy (non-hydrogen) atoms. The minimum absolute atomic E-state index is 0.0553. The second kappa shape index (κ2) is 9.35. The third kappa shape index (κ3) is 5.50. The van der Waals surface area contributed by atoms with E-state index in [4.69, 9.17) is 16.6 Å². The van der Waals surface area contributed by atoms with E-state index in [-0.39, 0.29) is 11.6 Å². The summed E-state index contributed by atoms with van der Waals surface area (Å²) in [5.74, 6) is 0. The van der Waals surface area contributed by atoms with Crippen molar-refractivity contribution in [3.63, 3.8) is 0 Å². The SMILES string of the molecule is CC(C)(C)NC(=O)N(CCc1csc2nc(-c3ccc(Cl)cc3)cn12)Cc1ccccc1. The van der Waals surface area contributed by atoms with E-state index in [2.05, 4.69) is 33.4 Å². The molecule has 0 bridgehead atoms. The van der Waals surface area contributed by atoms with E-state index in [9.17, 15) is 4.79 Å². The van der Waals surface area contributed by atoms with Crippen molar-refractivity contribution in [2.24, 2.45) is 0 Å². The quantitative estimate of drug-likeness (QED) is 0.364. The topological polar surface area (TPSA) is 49.6 Å². The summed E-state index contributed by atoms with van der Waals surface area (Å²) in [5, 5.41) is 5.93.